The molecule has 0 aliphatic carbocycles. The van der Waals surface area contributed by atoms with Gasteiger partial charge in [0, 0.05) is 6.54 Å². The van der Waals surface area contributed by atoms with Crippen LogP contribution in [0.2, 0.25) is 0 Å². The zero-order valence-corrected chi connectivity index (χ0v) is 17.5. The third kappa shape index (κ3) is 3.82. The maximum atomic E-state index is 13.2. The van der Waals surface area contributed by atoms with Crippen molar-refractivity contribution in [3.05, 3.63) is 83.7 Å². The highest BCUT2D eigenvalue weighted by Crippen LogP contribution is 2.42. The van der Waals surface area contributed by atoms with E-state index in [2.05, 4.69) is 0 Å². The molecule has 0 N–H and O–H groups in total. The zero-order chi connectivity index (χ0) is 22.1. The molecule has 2 heterocycles. The van der Waals surface area contributed by atoms with Crippen LogP contribution in [0.1, 0.15) is 17.2 Å². The Labute approximate surface area is 185 Å². The van der Waals surface area contributed by atoms with E-state index in [1.54, 1.807) is 48.4 Å². The molecule has 3 aromatic carbocycles. The molecule has 2 aliphatic rings. The summed E-state index contributed by atoms with van der Waals surface area (Å²) >= 11 is 0. The van der Waals surface area contributed by atoms with Gasteiger partial charge in [0.1, 0.15) is 23.4 Å². The van der Waals surface area contributed by atoms with Crippen LogP contribution in [-0.4, -0.2) is 37.4 Å². The number of carbonyl (C=O) groups is 1. The summed E-state index contributed by atoms with van der Waals surface area (Å²) < 4.78 is 35.4. The fourth-order valence-electron chi connectivity index (χ4n) is 4.03. The number of fused-ring (bicyclic) bond motifs is 1. The van der Waals surface area contributed by atoms with Gasteiger partial charge in [-0.05, 0) is 66.1 Å². The summed E-state index contributed by atoms with van der Waals surface area (Å²) in [5.41, 5.74) is 1.87. The smallest absolute Gasteiger partial charge is 0.266 e. The van der Waals surface area contributed by atoms with E-state index >= 15 is 0 Å². The van der Waals surface area contributed by atoms with Crippen LogP contribution in [0, 0.1) is 5.82 Å². The predicted octanol–water partition coefficient (Wildman–Crippen LogP) is 4.14. The Morgan fingerprint density at radius 1 is 0.969 bits per heavy atom. The van der Waals surface area contributed by atoms with E-state index < -0.39 is 6.10 Å². The number of carbonyl (C=O) groups excluding carboxylic acids is 1. The molecule has 5 rings (SSSR count). The minimum absolute atomic E-state index is 0.0920. The SMILES string of the molecule is COc1ccc(O[C@@H]2C(=O)N(CCc3ccc(F)cc3)[C@H]2c2ccc3c(c2)OCO3)cc1. The van der Waals surface area contributed by atoms with E-state index in [4.69, 9.17) is 18.9 Å². The molecule has 164 valence electrons. The average Bonchev–Trinajstić information content (AvgIpc) is 3.29. The Kier molecular flexibility index (Phi) is 5.31. The fraction of sp³-hybridized carbons (Fsp3) is 0.240. The van der Waals surface area contributed by atoms with Gasteiger partial charge in [0.15, 0.2) is 11.5 Å². The number of rotatable bonds is 7. The molecule has 6 nitrogen and oxygen atoms in total. The molecule has 1 amide bonds. The van der Waals surface area contributed by atoms with Gasteiger partial charge in [0.2, 0.25) is 12.9 Å². The lowest BCUT2D eigenvalue weighted by Crippen LogP contribution is -2.61. The van der Waals surface area contributed by atoms with Crippen molar-refractivity contribution in [1.29, 1.82) is 0 Å². The second kappa shape index (κ2) is 8.42. The van der Waals surface area contributed by atoms with E-state index in [0.717, 1.165) is 11.1 Å². The number of likely N-dealkylation sites (tertiary alicyclic amines) is 1. The minimum Gasteiger partial charge on any atom is -0.497 e. The van der Waals surface area contributed by atoms with Gasteiger partial charge in [-0.25, -0.2) is 4.39 Å². The minimum atomic E-state index is -0.656. The number of hydrogen-bond acceptors (Lipinski definition) is 5. The maximum Gasteiger partial charge on any atom is 0.266 e. The Morgan fingerprint density at radius 2 is 1.69 bits per heavy atom. The molecule has 0 aromatic heterocycles. The lowest BCUT2D eigenvalue weighted by atomic mass is 9.89. The van der Waals surface area contributed by atoms with Crippen LogP contribution >= 0.6 is 0 Å². The number of halogens is 1. The first-order valence-corrected chi connectivity index (χ1v) is 10.4. The van der Waals surface area contributed by atoms with Crippen molar-refractivity contribution >= 4 is 5.91 Å². The third-order valence-electron chi connectivity index (χ3n) is 5.76. The molecular formula is C25H22FNO5. The predicted molar refractivity (Wildman–Crippen MR) is 115 cm³/mol. The number of methoxy groups -OCH3 is 1. The van der Waals surface area contributed by atoms with Crippen LogP contribution < -0.4 is 18.9 Å². The molecule has 0 bridgehead atoms. The quantitative estimate of drug-likeness (QED) is 0.522. The second-order valence-electron chi connectivity index (χ2n) is 7.68. The summed E-state index contributed by atoms with van der Waals surface area (Å²) in [7, 11) is 1.60. The van der Waals surface area contributed by atoms with Crippen molar-refractivity contribution in [2.45, 2.75) is 18.6 Å². The Bertz CT molecular complexity index is 1120. The first kappa shape index (κ1) is 20.2. The highest BCUT2D eigenvalue weighted by Gasteiger charge is 2.50. The van der Waals surface area contributed by atoms with E-state index in [1.807, 2.05) is 18.2 Å². The second-order valence-corrected chi connectivity index (χ2v) is 7.68. The molecule has 3 aromatic rings. The van der Waals surface area contributed by atoms with Crippen LogP contribution in [0.5, 0.6) is 23.0 Å². The lowest BCUT2D eigenvalue weighted by molar-refractivity contribution is -0.164. The molecule has 2 aliphatic heterocycles. The van der Waals surface area contributed by atoms with Gasteiger partial charge in [0.05, 0.1) is 7.11 Å². The first-order chi connectivity index (χ1) is 15.6. The molecule has 32 heavy (non-hydrogen) atoms. The zero-order valence-electron chi connectivity index (χ0n) is 17.5. The van der Waals surface area contributed by atoms with Gasteiger partial charge < -0.3 is 23.8 Å². The van der Waals surface area contributed by atoms with Crippen molar-refractivity contribution < 1.29 is 28.1 Å². The Hall–Kier alpha value is -3.74. The highest BCUT2D eigenvalue weighted by molar-refractivity contribution is 5.89. The molecular weight excluding hydrogens is 413 g/mol. The molecule has 0 radical (unpaired) electrons. The van der Waals surface area contributed by atoms with Gasteiger partial charge in [0.25, 0.3) is 5.91 Å². The van der Waals surface area contributed by atoms with Gasteiger partial charge in [-0.15, -0.1) is 0 Å². The van der Waals surface area contributed by atoms with Crippen molar-refractivity contribution in [1.82, 2.24) is 4.90 Å². The monoisotopic (exact) mass is 435 g/mol. The Balaban J connectivity index is 1.38. The van der Waals surface area contributed by atoms with Crippen LogP contribution in [0.3, 0.4) is 0 Å². The van der Waals surface area contributed by atoms with Gasteiger partial charge in [-0.2, -0.15) is 0 Å². The molecule has 7 heteroatoms. The van der Waals surface area contributed by atoms with E-state index in [-0.39, 0.29) is 24.6 Å². The summed E-state index contributed by atoms with van der Waals surface area (Å²) in [6.07, 6.45) is -0.0421. The van der Waals surface area contributed by atoms with E-state index in [0.29, 0.717) is 36.0 Å². The molecule has 0 saturated carbocycles. The van der Waals surface area contributed by atoms with Crippen molar-refractivity contribution in [3.8, 4) is 23.0 Å². The molecule has 2 atom stereocenters. The van der Waals surface area contributed by atoms with Gasteiger partial charge in [-0.1, -0.05) is 18.2 Å². The number of nitrogens with zero attached hydrogens (tertiary/aromatic N) is 1. The summed E-state index contributed by atoms with van der Waals surface area (Å²) in [6, 6.07) is 18.9. The fourth-order valence-corrected chi connectivity index (χ4v) is 4.03. The van der Waals surface area contributed by atoms with Crippen LogP contribution in [-0.2, 0) is 11.2 Å². The van der Waals surface area contributed by atoms with Crippen LogP contribution in [0.25, 0.3) is 0 Å². The van der Waals surface area contributed by atoms with Gasteiger partial charge in [-0.3, -0.25) is 4.79 Å². The maximum absolute atomic E-state index is 13.2. The number of ether oxygens (including phenoxy) is 4. The molecule has 0 unspecified atom stereocenters. The Morgan fingerprint density at radius 3 is 2.44 bits per heavy atom. The highest BCUT2D eigenvalue weighted by atomic mass is 19.1. The largest absolute Gasteiger partial charge is 0.497 e. The third-order valence-corrected chi connectivity index (χ3v) is 5.76. The first-order valence-electron chi connectivity index (χ1n) is 10.4. The van der Waals surface area contributed by atoms with E-state index in [9.17, 15) is 9.18 Å². The topological polar surface area (TPSA) is 57.2 Å². The summed E-state index contributed by atoms with van der Waals surface area (Å²) in [5, 5.41) is 0. The standard InChI is InChI=1S/C25H22FNO5/c1-29-19-7-9-20(10-8-19)32-24-23(17-4-11-21-22(14-17)31-15-30-21)27(25(24)28)13-12-16-2-5-18(26)6-3-16/h2-11,14,23-24H,12-13,15H2,1H3/t23-,24-/m0/s1. The normalized spacial score (nSPS) is 18.9. The molecule has 1 fully saturated rings. The summed E-state index contributed by atoms with van der Waals surface area (Å²) in [6.45, 7) is 0.675. The van der Waals surface area contributed by atoms with E-state index in [1.165, 1.54) is 12.1 Å². The van der Waals surface area contributed by atoms with Crippen molar-refractivity contribution in [2.75, 3.05) is 20.4 Å². The number of β-lactam (4-membered cyclic amide) rings is 1. The van der Waals surface area contributed by atoms with Crippen molar-refractivity contribution in [3.63, 3.8) is 0 Å². The number of amides is 1. The lowest BCUT2D eigenvalue weighted by Gasteiger charge is -2.47. The van der Waals surface area contributed by atoms with Crippen LogP contribution in [0.15, 0.2) is 66.7 Å². The summed E-state index contributed by atoms with van der Waals surface area (Å²) in [4.78, 5) is 14.8. The average molecular weight is 435 g/mol. The summed E-state index contributed by atoms with van der Waals surface area (Å²) in [5.74, 6) is 2.28. The number of hydrogen-bond donors (Lipinski definition) is 0. The van der Waals surface area contributed by atoms with Gasteiger partial charge >= 0.3 is 0 Å². The molecule has 1 saturated heterocycles. The van der Waals surface area contributed by atoms with Crippen LogP contribution in [0.4, 0.5) is 4.39 Å². The van der Waals surface area contributed by atoms with Crippen molar-refractivity contribution in [2.24, 2.45) is 0 Å². The molecule has 0 spiro atoms. The number of benzene rings is 3.